The number of hydrogen-bond acceptors (Lipinski definition) is 3. The largest absolute Gasteiger partial charge is 0.350 e. The Kier molecular flexibility index (Phi) is 7.15. The van der Waals surface area contributed by atoms with Gasteiger partial charge in [-0.05, 0) is 18.8 Å². The molecule has 1 aliphatic heterocycles. The molecule has 2 unspecified atom stereocenters. The van der Waals surface area contributed by atoms with Crippen LogP contribution in [0.3, 0.4) is 0 Å². The van der Waals surface area contributed by atoms with Crippen LogP contribution in [0.1, 0.15) is 33.1 Å². The summed E-state index contributed by atoms with van der Waals surface area (Å²) < 4.78 is 0. The van der Waals surface area contributed by atoms with E-state index in [2.05, 4.69) is 24.5 Å². The van der Waals surface area contributed by atoms with E-state index >= 15 is 0 Å². The lowest BCUT2D eigenvalue weighted by atomic mass is 10.0. The van der Waals surface area contributed by atoms with E-state index in [0.29, 0.717) is 25.3 Å². The lowest BCUT2D eigenvalue weighted by Gasteiger charge is -2.20. The van der Waals surface area contributed by atoms with Gasteiger partial charge in [0.2, 0.25) is 11.8 Å². The van der Waals surface area contributed by atoms with Gasteiger partial charge in [0.25, 0.3) is 0 Å². The first kappa shape index (κ1) is 16.2. The van der Waals surface area contributed by atoms with Gasteiger partial charge in [0, 0.05) is 19.0 Å². The van der Waals surface area contributed by atoms with E-state index in [0.717, 1.165) is 6.42 Å². The normalized spacial score (nSPS) is 20.7. The molecule has 17 heavy (non-hydrogen) atoms. The molecule has 6 heteroatoms. The highest BCUT2D eigenvalue weighted by Crippen LogP contribution is 2.08. The topological polar surface area (TPSA) is 84.2 Å². The van der Waals surface area contributed by atoms with Crippen molar-refractivity contribution in [3.05, 3.63) is 0 Å². The number of halogens is 1. The molecular formula is C11H22ClN3O2. The summed E-state index contributed by atoms with van der Waals surface area (Å²) in [5.41, 5.74) is 5.59. The molecule has 2 amide bonds. The van der Waals surface area contributed by atoms with Crippen LogP contribution in [0.2, 0.25) is 0 Å². The average molecular weight is 264 g/mol. The molecule has 100 valence electrons. The number of nitrogens with one attached hydrogen (secondary N) is 2. The van der Waals surface area contributed by atoms with Gasteiger partial charge in [-0.2, -0.15) is 0 Å². The Labute approximate surface area is 108 Å². The van der Waals surface area contributed by atoms with Gasteiger partial charge in [-0.1, -0.05) is 13.8 Å². The summed E-state index contributed by atoms with van der Waals surface area (Å²) >= 11 is 0. The number of nitrogens with two attached hydrogens (primary N) is 1. The number of rotatable bonds is 5. The van der Waals surface area contributed by atoms with E-state index in [-0.39, 0.29) is 36.3 Å². The van der Waals surface area contributed by atoms with Gasteiger partial charge < -0.3 is 16.4 Å². The van der Waals surface area contributed by atoms with Gasteiger partial charge in [0.05, 0.1) is 0 Å². The van der Waals surface area contributed by atoms with Crippen LogP contribution >= 0.6 is 12.4 Å². The summed E-state index contributed by atoms with van der Waals surface area (Å²) in [7, 11) is 0. The van der Waals surface area contributed by atoms with Crippen LogP contribution in [-0.2, 0) is 9.59 Å². The molecule has 1 heterocycles. The van der Waals surface area contributed by atoms with Crippen LogP contribution in [0.5, 0.6) is 0 Å². The molecule has 2 atom stereocenters. The van der Waals surface area contributed by atoms with Gasteiger partial charge >= 0.3 is 0 Å². The Bertz CT molecular complexity index is 271. The third-order valence-electron chi connectivity index (χ3n) is 2.70. The lowest BCUT2D eigenvalue weighted by Crippen LogP contribution is -2.48. The zero-order chi connectivity index (χ0) is 12.1. The Morgan fingerprint density at radius 1 is 1.59 bits per heavy atom. The van der Waals surface area contributed by atoms with Crippen molar-refractivity contribution in [3.8, 4) is 0 Å². The second-order valence-corrected chi connectivity index (χ2v) is 4.73. The maximum atomic E-state index is 11.8. The molecule has 0 aromatic rings. The maximum absolute atomic E-state index is 11.8. The molecule has 0 saturated carbocycles. The van der Waals surface area contributed by atoms with Crippen molar-refractivity contribution < 1.29 is 9.59 Å². The van der Waals surface area contributed by atoms with Crippen LogP contribution in [0.25, 0.3) is 0 Å². The van der Waals surface area contributed by atoms with Crippen molar-refractivity contribution in [2.75, 3.05) is 6.54 Å². The van der Waals surface area contributed by atoms with E-state index in [4.69, 9.17) is 5.73 Å². The SMILES string of the molecule is CC(C)CC(CN)NC(=O)C1CCC(=O)N1.Cl. The molecule has 0 aromatic carbocycles. The standard InChI is InChI=1S/C11H21N3O2.ClH/c1-7(2)5-8(6-12)13-11(16)9-3-4-10(15)14-9;/h7-9H,3-6,12H2,1-2H3,(H,13,16)(H,14,15);1H. The first-order valence-electron chi connectivity index (χ1n) is 5.82. The van der Waals surface area contributed by atoms with Gasteiger partial charge in [-0.3, -0.25) is 9.59 Å². The van der Waals surface area contributed by atoms with Crippen molar-refractivity contribution >= 4 is 24.2 Å². The minimum absolute atomic E-state index is 0. The third-order valence-corrected chi connectivity index (χ3v) is 2.70. The Morgan fingerprint density at radius 2 is 2.24 bits per heavy atom. The second-order valence-electron chi connectivity index (χ2n) is 4.73. The first-order valence-corrected chi connectivity index (χ1v) is 5.82. The molecule has 1 aliphatic rings. The minimum Gasteiger partial charge on any atom is -0.350 e. The van der Waals surface area contributed by atoms with E-state index in [1.54, 1.807) is 0 Å². The molecule has 4 N–H and O–H groups in total. The summed E-state index contributed by atoms with van der Waals surface area (Å²) in [6.45, 7) is 4.61. The maximum Gasteiger partial charge on any atom is 0.242 e. The molecule has 0 spiro atoms. The first-order chi connectivity index (χ1) is 7.52. The molecule has 0 bridgehead atoms. The molecule has 5 nitrogen and oxygen atoms in total. The summed E-state index contributed by atoms with van der Waals surface area (Å²) in [6.07, 6.45) is 1.89. The van der Waals surface area contributed by atoms with E-state index in [9.17, 15) is 9.59 Å². The smallest absolute Gasteiger partial charge is 0.242 e. The van der Waals surface area contributed by atoms with Crippen molar-refractivity contribution in [1.82, 2.24) is 10.6 Å². The third kappa shape index (κ3) is 5.37. The van der Waals surface area contributed by atoms with Crippen molar-refractivity contribution in [3.63, 3.8) is 0 Å². The predicted octanol–water partition coefficient (Wildman–Crippen LogP) is 0.176. The van der Waals surface area contributed by atoms with Crippen LogP contribution < -0.4 is 16.4 Å². The fourth-order valence-electron chi connectivity index (χ4n) is 1.90. The fraction of sp³-hybridized carbons (Fsp3) is 0.818. The van der Waals surface area contributed by atoms with Gasteiger partial charge in [0.1, 0.15) is 6.04 Å². The highest BCUT2D eigenvalue weighted by atomic mass is 35.5. The number of amides is 2. The summed E-state index contributed by atoms with van der Waals surface area (Å²) in [5.74, 6) is 0.335. The average Bonchev–Trinajstić information content (AvgIpc) is 2.63. The number of carbonyl (C=O) groups is 2. The minimum atomic E-state index is -0.367. The molecule has 1 saturated heterocycles. The van der Waals surface area contributed by atoms with Crippen LogP contribution in [-0.4, -0.2) is 30.4 Å². The summed E-state index contributed by atoms with van der Waals surface area (Å²) in [4.78, 5) is 22.7. The molecule has 0 aliphatic carbocycles. The lowest BCUT2D eigenvalue weighted by molar-refractivity contribution is -0.126. The highest BCUT2D eigenvalue weighted by Gasteiger charge is 2.28. The van der Waals surface area contributed by atoms with E-state index in [1.165, 1.54) is 0 Å². The molecule has 0 aromatic heterocycles. The summed E-state index contributed by atoms with van der Waals surface area (Å²) in [6, 6.07) is -0.362. The highest BCUT2D eigenvalue weighted by molar-refractivity contribution is 5.90. The van der Waals surface area contributed by atoms with Crippen molar-refractivity contribution in [2.45, 2.75) is 45.2 Å². The predicted molar refractivity (Wildman–Crippen MR) is 68.9 cm³/mol. The van der Waals surface area contributed by atoms with Crippen LogP contribution in [0.4, 0.5) is 0 Å². The van der Waals surface area contributed by atoms with Gasteiger partial charge in [-0.15, -0.1) is 12.4 Å². The summed E-state index contributed by atoms with van der Waals surface area (Å²) in [5, 5.41) is 5.53. The van der Waals surface area contributed by atoms with Crippen molar-refractivity contribution in [2.24, 2.45) is 11.7 Å². The monoisotopic (exact) mass is 263 g/mol. The van der Waals surface area contributed by atoms with Crippen LogP contribution in [0, 0.1) is 5.92 Å². The molecule has 0 radical (unpaired) electrons. The molecule has 1 rings (SSSR count). The quantitative estimate of drug-likeness (QED) is 0.661. The Morgan fingerprint density at radius 3 is 2.65 bits per heavy atom. The molecule has 1 fully saturated rings. The van der Waals surface area contributed by atoms with E-state index < -0.39 is 0 Å². The second kappa shape index (κ2) is 7.50. The number of hydrogen-bond donors (Lipinski definition) is 3. The van der Waals surface area contributed by atoms with Gasteiger partial charge in [0.15, 0.2) is 0 Å². The Balaban J connectivity index is 0.00000256. The Hall–Kier alpha value is -0.810. The zero-order valence-corrected chi connectivity index (χ0v) is 11.2. The van der Waals surface area contributed by atoms with Gasteiger partial charge in [-0.25, -0.2) is 0 Å². The molecular weight excluding hydrogens is 242 g/mol. The zero-order valence-electron chi connectivity index (χ0n) is 10.4. The van der Waals surface area contributed by atoms with E-state index in [1.807, 2.05) is 0 Å². The fourth-order valence-corrected chi connectivity index (χ4v) is 1.90. The van der Waals surface area contributed by atoms with Crippen molar-refractivity contribution in [1.29, 1.82) is 0 Å². The van der Waals surface area contributed by atoms with Crippen LogP contribution in [0.15, 0.2) is 0 Å². The number of carbonyl (C=O) groups excluding carboxylic acids is 2.